The Morgan fingerprint density at radius 1 is 1.00 bits per heavy atom. The van der Waals surface area contributed by atoms with Gasteiger partial charge < -0.3 is 9.47 Å². The molecule has 0 aliphatic carbocycles. The first-order valence-corrected chi connectivity index (χ1v) is 9.27. The summed E-state index contributed by atoms with van der Waals surface area (Å²) >= 11 is 0. The van der Waals surface area contributed by atoms with Gasteiger partial charge in [-0.25, -0.2) is 0 Å². The van der Waals surface area contributed by atoms with Gasteiger partial charge in [0.05, 0.1) is 0 Å². The van der Waals surface area contributed by atoms with Crippen molar-refractivity contribution in [3.63, 3.8) is 0 Å². The normalized spacial score (nSPS) is 13.8. The molecule has 0 radical (unpaired) electrons. The Morgan fingerprint density at radius 2 is 1.69 bits per heavy atom. The average Bonchev–Trinajstić information content (AvgIpc) is 2.64. The van der Waals surface area contributed by atoms with Crippen molar-refractivity contribution in [3.05, 3.63) is 71.8 Å². The molecule has 0 amide bonds. The zero-order valence-electron chi connectivity index (χ0n) is 16.0. The lowest BCUT2D eigenvalue weighted by atomic mass is 9.94. The SMILES string of the molecule is C=C(CCc1ccc2c(c1)OCCO2)c1ccc(/C=C/C(C)(C)C)cc1. The van der Waals surface area contributed by atoms with Crippen LogP contribution in [0.15, 0.2) is 55.1 Å². The zero-order valence-corrected chi connectivity index (χ0v) is 16.0. The van der Waals surface area contributed by atoms with Crippen molar-refractivity contribution in [3.8, 4) is 11.5 Å². The summed E-state index contributed by atoms with van der Waals surface area (Å²) in [6, 6.07) is 14.8. The highest BCUT2D eigenvalue weighted by Gasteiger charge is 2.12. The molecule has 2 nitrogen and oxygen atoms in total. The Balaban J connectivity index is 1.59. The quantitative estimate of drug-likeness (QED) is 0.644. The fourth-order valence-electron chi connectivity index (χ4n) is 2.86. The second-order valence-corrected chi connectivity index (χ2v) is 7.90. The summed E-state index contributed by atoms with van der Waals surface area (Å²) in [4.78, 5) is 0. The highest BCUT2D eigenvalue weighted by molar-refractivity contribution is 5.65. The Kier molecular flexibility index (Phi) is 5.51. The number of hydrogen-bond donors (Lipinski definition) is 0. The number of benzene rings is 2. The van der Waals surface area contributed by atoms with Crippen LogP contribution in [0.5, 0.6) is 11.5 Å². The molecular formula is C24H28O2. The number of allylic oxidation sites excluding steroid dienone is 2. The zero-order chi connectivity index (χ0) is 18.6. The number of fused-ring (bicyclic) bond motifs is 1. The molecule has 1 aliphatic heterocycles. The molecule has 26 heavy (non-hydrogen) atoms. The lowest BCUT2D eigenvalue weighted by Crippen LogP contribution is -2.15. The van der Waals surface area contributed by atoms with E-state index in [1.165, 1.54) is 16.7 Å². The van der Waals surface area contributed by atoms with Crippen molar-refractivity contribution in [2.24, 2.45) is 5.41 Å². The van der Waals surface area contributed by atoms with Crippen LogP contribution in [0.2, 0.25) is 0 Å². The van der Waals surface area contributed by atoms with Gasteiger partial charge in [0, 0.05) is 0 Å². The Labute approximate surface area is 157 Å². The third-order valence-electron chi connectivity index (χ3n) is 4.42. The predicted octanol–water partition coefficient (Wildman–Crippen LogP) is 6.16. The largest absolute Gasteiger partial charge is 0.486 e. The van der Waals surface area contributed by atoms with E-state index in [-0.39, 0.29) is 5.41 Å². The summed E-state index contributed by atoms with van der Waals surface area (Å²) in [5.41, 5.74) is 5.04. The molecule has 2 aromatic carbocycles. The average molecular weight is 348 g/mol. The van der Waals surface area contributed by atoms with E-state index >= 15 is 0 Å². The molecule has 1 heterocycles. The predicted molar refractivity (Wildman–Crippen MR) is 110 cm³/mol. The van der Waals surface area contributed by atoms with Crippen LogP contribution in [-0.2, 0) is 6.42 Å². The van der Waals surface area contributed by atoms with E-state index in [9.17, 15) is 0 Å². The van der Waals surface area contributed by atoms with Crippen LogP contribution in [0.1, 0.15) is 43.9 Å². The maximum Gasteiger partial charge on any atom is 0.161 e. The van der Waals surface area contributed by atoms with Crippen molar-refractivity contribution in [1.82, 2.24) is 0 Å². The summed E-state index contributed by atoms with van der Waals surface area (Å²) in [6.07, 6.45) is 6.29. The van der Waals surface area contributed by atoms with E-state index in [1.54, 1.807) is 0 Å². The lowest BCUT2D eigenvalue weighted by Gasteiger charge is -2.19. The van der Waals surface area contributed by atoms with Crippen molar-refractivity contribution in [2.75, 3.05) is 13.2 Å². The van der Waals surface area contributed by atoms with Gasteiger partial charge in [-0.05, 0) is 52.7 Å². The topological polar surface area (TPSA) is 18.5 Å². The number of aryl methyl sites for hydroxylation is 1. The van der Waals surface area contributed by atoms with Crippen LogP contribution in [0, 0.1) is 5.41 Å². The van der Waals surface area contributed by atoms with Gasteiger partial charge in [-0.15, -0.1) is 0 Å². The van der Waals surface area contributed by atoms with Gasteiger partial charge in [-0.1, -0.05) is 69.8 Å². The minimum Gasteiger partial charge on any atom is -0.486 e. The molecule has 2 heteroatoms. The maximum atomic E-state index is 5.66. The van der Waals surface area contributed by atoms with Gasteiger partial charge in [0.2, 0.25) is 0 Å². The van der Waals surface area contributed by atoms with Gasteiger partial charge in [0.25, 0.3) is 0 Å². The number of ether oxygens (including phenoxy) is 2. The summed E-state index contributed by atoms with van der Waals surface area (Å²) in [5.74, 6) is 1.70. The van der Waals surface area contributed by atoms with Gasteiger partial charge in [0.15, 0.2) is 11.5 Å². The summed E-state index contributed by atoms with van der Waals surface area (Å²) < 4.78 is 11.2. The van der Waals surface area contributed by atoms with Gasteiger partial charge >= 0.3 is 0 Å². The first-order valence-electron chi connectivity index (χ1n) is 9.27. The molecule has 0 unspecified atom stereocenters. The molecule has 1 aliphatic rings. The molecule has 0 spiro atoms. The third-order valence-corrected chi connectivity index (χ3v) is 4.42. The lowest BCUT2D eigenvalue weighted by molar-refractivity contribution is 0.171. The van der Waals surface area contributed by atoms with E-state index in [0.29, 0.717) is 13.2 Å². The Hall–Kier alpha value is -2.48. The van der Waals surface area contributed by atoms with Crippen molar-refractivity contribution in [1.29, 1.82) is 0 Å². The first-order chi connectivity index (χ1) is 12.4. The molecule has 136 valence electrons. The minimum atomic E-state index is 0.200. The summed E-state index contributed by atoms with van der Waals surface area (Å²) in [6.45, 7) is 12.1. The molecule has 2 aromatic rings. The van der Waals surface area contributed by atoms with Crippen molar-refractivity contribution >= 4 is 11.6 Å². The van der Waals surface area contributed by atoms with Crippen LogP contribution in [0.25, 0.3) is 11.6 Å². The summed E-state index contributed by atoms with van der Waals surface area (Å²) in [5, 5.41) is 0. The van der Waals surface area contributed by atoms with E-state index < -0.39 is 0 Å². The molecule has 0 fully saturated rings. The molecule has 0 bridgehead atoms. The number of rotatable bonds is 5. The monoisotopic (exact) mass is 348 g/mol. The smallest absolute Gasteiger partial charge is 0.161 e. The van der Waals surface area contributed by atoms with E-state index in [4.69, 9.17) is 9.47 Å². The minimum absolute atomic E-state index is 0.200. The van der Waals surface area contributed by atoms with Gasteiger partial charge in [-0.2, -0.15) is 0 Å². The molecule has 3 rings (SSSR count). The Morgan fingerprint density at radius 3 is 2.38 bits per heavy atom. The second-order valence-electron chi connectivity index (χ2n) is 7.90. The standard InChI is InChI=1S/C24H28O2/c1-18(21-10-7-19(8-11-21)13-14-24(2,3)4)5-6-20-9-12-22-23(17-20)26-16-15-25-22/h7-14,17H,1,5-6,15-16H2,2-4H3/b14-13+. The molecule has 0 saturated heterocycles. The molecule has 0 saturated carbocycles. The van der Waals surface area contributed by atoms with Gasteiger partial charge in [0.1, 0.15) is 13.2 Å². The first kappa shape index (κ1) is 18.3. The molecular weight excluding hydrogens is 320 g/mol. The van der Waals surface area contributed by atoms with Crippen molar-refractivity contribution in [2.45, 2.75) is 33.6 Å². The molecule has 0 aromatic heterocycles. The van der Waals surface area contributed by atoms with E-state index in [1.807, 2.05) is 6.07 Å². The van der Waals surface area contributed by atoms with Crippen LogP contribution in [0.3, 0.4) is 0 Å². The molecule has 0 N–H and O–H groups in total. The van der Waals surface area contributed by atoms with Crippen LogP contribution < -0.4 is 9.47 Å². The fourth-order valence-corrected chi connectivity index (χ4v) is 2.86. The van der Waals surface area contributed by atoms with Crippen LogP contribution in [-0.4, -0.2) is 13.2 Å². The van der Waals surface area contributed by atoms with Crippen molar-refractivity contribution < 1.29 is 9.47 Å². The van der Waals surface area contributed by atoms with Crippen LogP contribution >= 0.6 is 0 Å². The fraction of sp³-hybridized carbons (Fsp3) is 0.333. The second kappa shape index (κ2) is 7.82. The van der Waals surface area contributed by atoms with E-state index in [2.05, 4.69) is 75.9 Å². The Bertz CT molecular complexity index is 792. The molecule has 0 atom stereocenters. The summed E-state index contributed by atoms with van der Waals surface area (Å²) in [7, 11) is 0. The maximum absolute atomic E-state index is 5.66. The van der Waals surface area contributed by atoms with Crippen LogP contribution in [0.4, 0.5) is 0 Å². The highest BCUT2D eigenvalue weighted by atomic mass is 16.6. The van der Waals surface area contributed by atoms with Gasteiger partial charge in [-0.3, -0.25) is 0 Å². The number of hydrogen-bond acceptors (Lipinski definition) is 2. The van der Waals surface area contributed by atoms with E-state index in [0.717, 1.165) is 29.9 Å². The third kappa shape index (κ3) is 5.01. The highest BCUT2D eigenvalue weighted by Crippen LogP contribution is 2.31.